The fourth-order valence-corrected chi connectivity index (χ4v) is 5.23. The van der Waals surface area contributed by atoms with Gasteiger partial charge in [-0.1, -0.05) is 35.9 Å². The second-order valence-electron chi connectivity index (χ2n) is 7.71. The lowest BCUT2D eigenvalue weighted by molar-refractivity contribution is -0.136. The number of halogens is 1. The number of hydrogen-bond donors (Lipinski definition) is 1. The van der Waals surface area contributed by atoms with E-state index in [4.69, 9.17) is 16.3 Å². The molecule has 3 aromatic carbocycles. The number of nitrogens with zero attached hydrogens (tertiary/aromatic N) is 1. The van der Waals surface area contributed by atoms with Crippen LogP contribution < -0.4 is 4.74 Å². The summed E-state index contributed by atoms with van der Waals surface area (Å²) >= 11 is 7.93. The summed E-state index contributed by atoms with van der Waals surface area (Å²) in [7, 11) is 1.65. The number of carbonyl (C=O) groups is 1. The molecule has 0 amide bonds. The molecule has 2 heterocycles. The summed E-state index contributed by atoms with van der Waals surface area (Å²) < 4.78 is 8.60. The second kappa shape index (κ2) is 8.34. The largest absolute Gasteiger partial charge is 0.497 e. The average molecular weight is 462 g/mol. The van der Waals surface area contributed by atoms with Crippen LogP contribution in [-0.2, 0) is 17.8 Å². The van der Waals surface area contributed by atoms with Gasteiger partial charge in [0, 0.05) is 33.4 Å². The van der Waals surface area contributed by atoms with Crippen molar-refractivity contribution in [3.63, 3.8) is 0 Å². The number of thiophene rings is 1. The number of aromatic nitrogens is 1. The van der Waals surface area contributed by atoms with Crippen molar-refractivity contribution in [2.75, 3.05) is 7.11 Å². The maximum Gasteiger partial charge on any atom is 0.307 e. The Morgan fingerprint density at radius 2 is 1.78 bits per heavy atom. The highest BCUT2D eigenvalue weighted by atomic mass is 35.5. The Labute approximate surface area is 194 Å². The first-order chi connectivity index (χ1) is 15.5. The summed E-state index contributed by atoms with van der Waals surface area (Å²) in [6.45, 7) is 0.641. The highest BCUT2D eigenvalue weighted by molar-refractivity contribution is 7.17. The first-order valence-electron chi connectivity index (χ1n) is 10.2. The summed E-state index contributed by atoms with van der Waals surface area (Å²) in [4.78, 5) is 11.5. The lowest BCUT2D eigenvalue weighted by Crippen LogP contribution is -2.00. The highest BCUT2D eigenvalue weighted by Gasteiger charge is 2.14. The number of ether oxygens (including phenoxy) is 1. The molecule has 5 rings (SSSR count). The predicted octanol–water partition coefficient (Wildman–Crippen LogP) is 6.86. The number of rotatable bonds is 6. The van der Waals surface area contributed by atoms with E-state index >= 15 is 0 Å². The molecule has 32 heavy (non-hydrogen) atoms. The number of carboxylic acid groups (broad SMARTS) is 1. The molecule has 2 aromatic heterocycles. The molecule has 1 N–H and O–H groups in total. The third-order valence-electron chi connectivity index (χ3n) is 5.69. The third kappa shape index (κ3) is 3.85. The molecular weight excluding hydrogens is 442 g/mol. The first kappa shape index (κ1) is 20.6. The van der Waals surface area contributed by atoms with E-state index in [0.717, 1.165) is 38.7 Å². The minimum absolute atomic E-state index is 0.0123. The molecule has 0 saturated heterocycles. The van der Waals surface area contributed by atoms with Gasteiger partial charge in [-0.05, 0) is 69.4 Å². The van der Waals surface area contributed by atoms with Crippen molar-refractivity contribution < 1.29 is 14.6 Å². The Hall–Kier alpha value is -3.28. The number of benzene rings is 3. The minimum atomic E-state index is -0.837. The van der Waals surface area contributed by atoms with Crippen LogP contribution in [0.5, 0.6) is 5.75 Å². The number of fused-ring (bicyclic) bond motifs is 2. The maximum absolute atomic E-state index is 11.5. The van der Waals surface area contributed by atoms with Gasteiger partial charge in [0.25, 0.3) is 0 Å². The second-order valence-corrected chi connectivity index (χ2v) is 9.06. The average Bonchev–Trinajstić information content (AvgIpc) is 3.34. The molecule has 0 aliphatic rings. The number of hydrogen-bond acceptors (Lipinski definition) is 3. The predicted molar refractivity (Wildman–Crippen MR) is 131 cm³/mol. The fourth-order valence-electron chi connectivity index (χ4n) is 4.13. The van der Waals surface area contributed by atoms with E-state index in [1.54, 1.807) is 18.4 Å². The van der Waals surface area contributed by atoms with E-state index in [1.165, 1.54) is 10.3 Å². The van der Waals surface area contributed by atoms with Crippen molar-refractivity contribution in [1.29, 1.82) is 0 Å². The summed E-state index contributed by atoms with van der Waals surface area (Å²) in [5, 5.41) is 14.4. The van der Waals surface area contributed by atoms with Gasteiger partial charge in [0.15, 0.2) is 0 Å². The van der Waals surface area contributed by atoms with Crippen LogP contribution in [0.3, 0.4) is 0 Å². The van der Waals surface area contributed by atoms with E-state index in [-0.39, 0.29) is 6.42 Å². The van der Waals surface area contributed by atoms with Crippen molar-refractivity contribution in [2.24, 2.45) is 0 Å². The highest BCUT2D eigenvalue weighted by Crippen LogP contribution is 2.33. The molecule has 160 valence electrons. The molecular formula is C26H20ClNO3S. The van der Waals surface area contributed by atoms with E-state index in [1.807, 2.05) is 60.8 Å². The molecule has 0 radical (unpaired) electrons. The lowest BCUT2D eigenvalue weighted by atomic mass is 10.0. The molecule has 0 saturated carbocycles. The van der Waals surface area contributed by atoms with Crippen molar-refractivity contribution in [2.45, 2.75) is 13.0 Å². The normalized spacial score (nSPS) is 11.3. The van der Waals surface area contributed by atoms with E-state index in [2.05, 4.69) is 16.0 Å². The topological polar surface area (TPSA) is 51.5 Å². The molecule has 0 aliphatic carbocycles. The molecule has 0 bridgehead atoms. The SMILES string of the molecule is COc1ccc(-c2ccc3c(CC(=O)O)cn(Cc4csc5ccc(Cl)cc45)c3c2)cc1. The van der Waals surface area contributed by atoms with Crippen LogP contribution in [0.4, 0.5) is 0 Å². The zero-order valence-corrected chi connectivity index (χ0v) is 18.9. The van der Waals surface area contributed by atoms with Crippen LogP contribution in [0.25, 0.3) is 32.1 Å². The Balaban J connectivity index is 1.62. The standard InChI is InChI=1S/C26H20ClNO3S/c1-31-21-6-2-16(3-7-21)17-4-8-22-18(11-26(29)30)13-28(24(22)10-17)14-19-15-32-25-9-5-20(27)12-23(19)25/h2-10,12-13,15H,11,14H2,1H3,(H,29,30). The van der Waals surface area contributed by atoms with Gasteiger partial charge in [-0.2, -0.15) is 0 Å². The van der Waals surface area contributed by atoms with Crippen LogP contribution in [0.2, 0.25) is 5.02 Å². The van der Waals surface area contributed by atoms with Gasteiger partial charge in [0.2, 0.25) is 0 Å². The van der Waals surface area contributed by atoms with Crippen molar-refractivity contribution in [1.82, 2.24) is 4.57 Å². The Bertz CT molecular complexity index is 1450. The first-order valence-corrected chi connectivity index (χ1v) is 11.4. The molecule has 0 fully saturated rings. The molecule has 6 heteroatoms. The molecule has 0 unspecified atom stereocenters. The molecule has 5 aromatic rings. The number of aliphatic carboxylic acids is 1. The fraction of sp³-hybridized carbons (Fsp3) is 0.115. The number of carboxylic acids is 1. The van der Waals surface area contributed by atoms with Gasteiger partial charge in [-0.3, -0.25) is 4.79 Å². The van der Waals surface area contributed by atoms with Gasteiger partial charge in [-0.25, -0.2) is 0 Å². The van der Waals surface area contributed by atoms with Gasteiger partial charge in [0.1, 0.15) is 5.75 Å². The van der Waals surface area contributed by atoms with Crippen LogP contribution in [0, 0.1) is 0 Å². The van der Waals surface area contributed by atoms with Crippen molar-refractivity contribution in [3.8, 4) is 16.9 Å². The van der Waals surface area contributed by atoms with Gasteiger partial charge in [0.05, 0.1) is 13.5 Å². The zero-order chi connectivity index (χ0) is 22.2. The van der Waals surface area contributed by atoms with Gasteiger partial charge >= 0.3 is 5.97 Å². The summed E-state index contributed by atoms with van der Waals surface area (Å²) in [5.41, 5.74) is 5.14. The van der Waals surface area contributed by atoms with Crippen LogP contribution in [0.1, 0.15) is 11.1 Å². The smallest absolute Gasteiger partial charge is 0.307 e. The summed E-state index contributed by atoms with van der Waals surface area (Å²) in [6, 6.07) is 20.1. The number of methoxy groups -OCH3 is 1. The van der Waals surface area contributed by atoms with Crippen molar-refractivity contribution >= 4 is 49.9 Å². The van der Waals surface area contributed by atoms with Crippen LogP contribution in [0.15, 0.2) is 72.2 Å². The molecule has 0 aliphatic heterocycles. The van der Waals surface area contributed by atoms with Gasteiger partial charge in [-0.15, -0.1) is 11.3 Å². The molecule has 0 atom stereocenters. The Morgan fingerprint density at radius 3 is 2.53 bits per heavy atom. The van der Waals surface area contributed by atoms with Crippen LogP contribution in [-0.4, -0.2) is 22.8 Å². The van der Waals surface area contributed by atoms with E-state index in [9.17, 15) is 9.90 Å². The Morgan fingerprint density at radius 1 is 1.00 bits per heavy atom. The molecule has 4 nitrogen and oxygen atoms in total. The summed E-state index contributed by atoms with van der Waals surface area (Å²) in [6.07, 6.45) is 1.95. The van der Waals surface area contributed by atoms with E-state index < -0.39 is 5.97 Å². The zero-order valence-electron chi connectivity index (χ0n) is 17.3. The monoisotopic (exact) mass is 461 g/mol. The maximum atomic E-state index is 11.5. The van der Waals surface area contributed by atoms with Gasteiger partial charge < -0.3 is 14.4 Å². The van der Waals surface area contributed by atoms with Crippen LogP contribution >= 0.6 is 22.9 Å². The third-order valence-corrected chi connectivity index (χ3v) is 6.93. The quantitative estimate of drug-likeness (QED) is 0.300. The lowest BCUT2D eigenvalue weighted by Gasteiger charge is -2.08. The summed E-state index contributed by atoms with van der Waals surface area (Å²) in [5.74, 6) is -0.0269. The minimum Gasteiger partial charge on any atom is -0.497 e. The van der Waals surface area contributed by atoms with E-state index in [0.29, 0.717) is 11.6 Å². The molecule has 0 spiro atoms. The van der Waals surface area contributed by atoms with Crippen molar-refractivity contribution in [3.05, 3.63) is 88.4 Å². The Kier molecular flexibility index (Phi) is 5.37.